The molecular weight excluding hydrogens is 400 g/mol. The fraction of sp³-hybridized carbons (Fsp3) is 0.481. The minimum atomic E-state index is -0.577. The van der Waals surface area contributed by atoms with Crippen LogP contribution in [0.4, 0.5) is 0 Å². The summed E-state index contributed by atoms with van der Waals surface area (Å²) in [5.74, 6) is 0.300. The highest BCUT2D eigenvalue weighted by molar-refractivity contribution is 5.88. The summed E-state index contributed by atoms with van der Waals surface area (Å²) < 4.78 is 5.78. The first-order chi connectivity index (χ1) is 15.1. The second kappa shape index (κ2) is 11.7. The number of benzene rings is 2. The van der Waals surface area contributed by atoms with Gasteiger partial charge in [-0.25, -0.2) is 0 Å². The van der Waals surface area contributed by atoms with Crippen molar-refractivity contribution in [3.05, 3.63) is 65.7 Å². The highest BCUT2D eigenvalue weighted by Gasteiger charge is 2.26. The molecule has 0 saturated carbocycles. The second-order valence-electron chi connectivity index (χ2n) is 9.38. The molecule has 0 fully saturated rings. The first kappa shape index (κ1) is 25.4. The average Bonchev–Trinajstić information content (AvgIpc) is 2.77. The second-order valence-corrected chi connectivity index (χ2v) is 9.38. The van der Waals surface area contributed by atoms with Crippen LogP contribution in [0.5, 0.6) is 5.75 Å². The topological polar surface area (TPSA) is 58.6 Å². The SMILES string of the molecule is CCC(C)NC(=O)C(C)N(CCc1ccccc1)C(=O)COc1ccc(C(C)(C)C)cc1. The van der Waals surface area contributed by atoms with Crippen LogP contribution in [0.3, 0.4) is 0 Å². The lowest BCUT2D eigenvalue weighted by Crippen LogP contribution is -2.51. The molecule has 0 aliphatic rings. The van der Waals surface area contributed by atoms with E-state index in [1.165, 1.54) is 5.56 Å². The molecule has 32 heavy (non-hydrogen) atoms. The predicted molar refractivity (Wildman–Crippen MR) is 130 cm³/mol. The van der Waals surface area contributed by atoms with E-state index >= 15 is 0 Å². The minimum Gasteiger partial charge on any atom is -0.484 e. The first-order valence-corrected chi connectivity index (χ1v) is 11.5. The quantitative estimate of drug-likeness (QED) is 0.583. The van der Waals surface area contributed by atoms with E-state index in [1.807, 2.05) is 68.4 Å². The van der Waals surface area contributed by atoms with Crippen LogP contribution in [-0.4, -0.2) is 41.9 Å². The van der Waals surface area contributed by atoms with Gasteiger partial charge < -0.3 is 15.0 Å². The van der Waals surface area contributed by atoms with Gasteiger partial charge in [-0.1, -0.05) is 70.2 Å². The van der Waals surface area contributed by atoms with Gasteiger partial charge in [0.25, 0.3) is 5.91 Å². The monoisotopic (exact) mass is 438 g/mol. The van der Waals surface area contributed by atoms with E-state index in [4.69, 9.17) is 4.74 Å². The number of nitrogens with zero attached hydrogens (tertiary/aromatic N) is 1. The van der Waals surface area contributed by atoms with Crippen LogP contribution in [0.15, 0.2) is 54.6 Å². The molecule has 0 aliphatic heterocycles. The van der Waals surface area contributed by atoms with Crippen molar-refractivity contribution >= 4 is 11.8 Å². The Morgan fingerprint density at radius 2 is 1.62 bits per heavy atom. The van der Waals surface area contributed by atoms with Gasteiger partial charge >= 0.3 is 0 Å². The summed E-state index contributed by atoms with van der Waals surface area (Å²) in [4.78, 5) is 27.4. The van der Waals surface area contributed by atoms with Crippen molar-refractivity contribution in [1.82, 2.24) is 10.2 Å². The first-order valence-electron chi connectivity index (χ1n) is 11.5. The third-order valence-corrected chi connectivity index (χ3v) is 5.74. The molecular formula is C27H38N2O3. The fourth-order valence-corrected chi connectivity index (χ4v) is 3.31. The molecule has 1 N–H and O–H groups in total. The van der Waals surface area contributed by atoms with Gasteiger partial charge in [0, 0.05) is 12.6 Å². The fourth-order valence-electron chi connectivity index (χ4n) is 3.31. The molecule has 5 nitrogen and oxygen atoms in total. The van der Waals surface area contributed by atoms with Gasteiger partial charge in [-0.15, -0.1) is 0 Å². The number of carbonyl (C=O) groups excluding carboxylic acids is 2. The van der Waals surface area contributed by atoms with Gasteiger partial charge in [0.15, 0.2) is 6.61 Å². The average molecular weight is 439 g/mol. The molecule has 0 bridgehead atoms. The van der Waals surface area contributed by atoms with Crippen LogP contribution in [-0.2, 0) is 21.4 Å². The Balaban J connectivity index is 2.07. The normalized spacial score (nSPS) is 13.2. The molecule has 0 radical (unpaired) electrons. The van der Waals surface area contributed by atoms with Crippen LogP contribution < -0.4 is 10.1 Å². The molecule has 2 amide bonds. The lowest BCUT2D eigenvalue weighted by atomic mass is 9.87. The van der Waals surface area contributed by atoms with Crippen LogP contribution in [0.2, 0.25) is 0 Å². The van der Waals surface area contributed by atoms with Crippen LogP contribution in [0.25, 0.3) is 0 Å². The lowest BCUT2D eigenvalue weighted by molar-refractivity contribution is -0.141. The van der Waals surface area contributed by atoms with Crippen molar-refractivity contribution in [3.8, 4) is 5.75 Å². The molecule has 2 aromatic carbocycles. The van der Waals surface area contributed by atoms with Crippen molar-refractivity contribution in [2.24, 2.45) is 0 Å². The van der Waals surface area contributed by atoms with Crippen LogP contribution in [0.1, 0.15) is 59.1 Å². The standard InChI is InChI=1S/C27H38N2O3/c1-7-20(2)28-26(31)21(3)29(18-17-22-11-9-8-10-12-22)25(30)19-32-24-15-13-23(14-16-24)27(4,5)6/h8-16,20-21H,7,17-19H2,1-6H3,(H,28,31). The number of hydrogen-bond acceptors (Lipinski definition) is 3. The molecule has 5 heteroatoms. The summed E-state index contributed by atoms with van der Waals surface area (Å²) in [7, 11) is 0. The van der Waals surface area contributed by atoms with E-state index in [1.54, 1.807) is 11.8 Å². The summed E-state index contributed by atoms with van der Waals surface area (Å²) in [5, 5.41) is 2.98. The summed E-state index contributed by atoms with van der Waals surface area (Å²) in [6, 6.07) is 17.3. The smallest absolute Gasteiger partial charge is 0.261 e. The molecule has 2 aromatic rings. The number of amides is 2. The number of ether oxygens (including phenoxy) is 1. The number of hydrogen-bond donors (Lipinski definition) is 1. The molecule has 2 atom stereocenters. The van der Waals surface area contributed by atoms with E-state index in [0.717, 1.165) is 12.0 Å². The molecule has 2 unspecified atom stereocenters. The maximum Gasteiger partial charge on any atom is 0.261 e. The van der Waals surface area contributed by atoms with Crippen molar-refractivity contribution in [2.75, 3.05) is 13.2 Å². The largest absolute Gasteiger partial charge is 0.484 e. The van der Waals surface area contributed by atoms with Crippen LogP contribution >= 0.6 is 0 Å². The van der Waals surface area contributed by atoms with E-state index in [2.05, 4.69) is 26.1 Å². The predicted octanol–water partition coefficient (Wildman–Crippen LogP) is 4.74. The molecule has 0 aliphatic carbocycles. The van der Waals surface area contributed by atoms with Gasteiger partial charge in [0.2, 0.25) is 5.91 Å². The maximum absolute atomic E-state index is 13.1. The molecule has 0 heterocycles. The van der Waals surface area contributed by atoms with Crippen molar-refractivity contribution in [2.45, 2.75) is 71.9 Å². The number of carbonyl (C=O) groups is 2. The summed E-state index contributed by atoms with van der Waals surface area (Å²) in [6.45, 7) is 12.6. The van der Waals surface area contributed by atoms with Crippen molar-refractivity contribution < 1.29 is 14.3 Å². The maximum atomic E-state index is 13.1. The van der Waals surface area contributed by atoms with E-state index < -0.39 is 6.04 Å². The highest BCUT2D eigenvalue weighted by atomic mass is 16.5. The Morgan fingerprint density at radius 3 is 2.19 bits per heavy atom. The minimum absolute atomic E-state index is 0.0566. The summed E-state index contributed by atoms with van der Waals surface area (Å²) in [6.07, 6.45) is 1.51. The molecule has 174 valence electrons. The Labute approximate surface area is 193 Å². The van der Waals surface area contributed by atoms with E-state index in [9.17, 15) is 9.59 Å². The number of nitrogens with one attached hydrogen (secondary N) is 1. The Hall–Kier alpha value is -2.82. The molecule has 0 saturated heterocycles. The van der Waals surface area contributed by atoms with Gasteiger partial charge in [-0.05, 0) is 55.4 Å². The van der Waals surface area contributed by atoms with Crippen molar-refractivity contribution in [1.29, 1.82) is 0 Å². The molecule has 2 rings (SSSR count). The van der Waals surface area contributed by atoms with Crippen LogP contribution in [0, 0.1) is 0 Å². The number of rotatable bonds is 10. The highest BCUT2D eigenvalue weighted by Crippen LogP contribution is 2.24. The van der Waals surface area contributed by atoms with Gasteiger partial charge in [-0.3, -0.25) is 9.59 Å². The Bertz CT molecular complexity index is 857. The van der Waals surface area contributed by atoms with E-state index in [-0.39, 0.29) is 29.9 Å². The molecule has 0 aromatic heterocycles. The van der Waals surface area contributed by atoms with E-state index in [0.29, 0.717) is 18.7 Å². The Morgan fingerprint density at radius 1 is 1.00 bits per heavy atom. The zero-order valence-corrected chi connectivity index (χ0v) is 20.4. The molecule has 0 spiro atoms. The third kappa shape index (κ3) is 7.70. The van der Waals surface area contributed by atoms with Gasteiger partial charge in [0.1, 0.15) is 11.8 Å². The lowest BCUT2D eigenvalue weighted by Gasteiger charge is -2.29. The Kier molecular flexibility index (Phi) is 9.30. The van der Waals surface area contributed by atoms with Crippen molar-refractivity contribution in [3.63, 3.8) is 0 Å². The summed E-state index contributed by atoms with van der Waals surface area (Å²) >= 11 is 0. The summed E-state index contributed by atoms with van der Waals surface area (Å²) in [5.41, 5.74) is 2.38. The zero-order chi connectivity index (χ0) is 23.7. The van der Waals surface area contributed by atoms with Gasteiger partial charge in [-0.2, -0.15) is 0 Å². The zero-order valence-electron chi connectivity index (χ0n) is 20.4. The van der Waals surface area contributed by atoms with Gasteiger partial charge in [0.05, 0.1) is 0 Å². The third-order valence-electron chi connectivity index (χ3n) is 5.74.